The van der Waals surface area contributed by atoms with Crippen molar-refractivity contribution in [3.63, 3.8) is 0 Å². The van der Waals surface area contributed by atoms with Crippen molar-refractivity contribution in [3.05, 3.63) is 109 Å². The lowest BCUT2D eigenvalue weighted by molar-refractivity contribution is -0.119. The lowest BCUT2D eigenvalue weighted by Crippen LogP contribution is -2.21. The molecule has 1 heterocycles. The van der Waals surface area contributed by atoms with E-state index in [9.17, 15) is 9.59 Å². The molecule has 6 aromatic rings. The summed E-state index contributed by atoms with van der Waals surface area (Å²) in [6.45, 7) is -0.410. The molecule has 6 nitrogen and oxygen atoms in total. The molecule has 0 radical (unpaired) electrons. The molecule has 36 heavy (non-hydrogen) atoms. The number of carbonyl (C=O) groups excluding carboxylic acids is 2. The first-order chi connectivity index (χ1) is 17.7. The van der Waals surface area contributed by atoms with Crippen molar-refractivity contribution in [1.82, 2.24) is 4.98 Å². The van der Waals surface area contributed by atoms with E-state index in [0.717, 1.165) is 21.7 Å². The Labute approximate surface area is 206 Å². The fraction of sp³-hybridized carbons (Fsp3) is 0.0333. The van der Waals surface area contributed by atoms with Gasteiger partial charge in [0.2, 0.25) is 5.89 Å². The Morgan fingerprint density at radius 2 is 1.53 bits per heavy atom. The van der Waals surface area contributed by atoms with Crippen LogP contribution in [0.5, 0.6) is 0 Å². The van der Waals surface area contributed by atoms with E-state index in [1.54, 1.807) is 12.1 Å². The molecule has 6 rings (SSSR count). The van der Waals surface area contributed by atoms with Gasteiger partial charge in [-0.15, -0.1) is 0 Å². The summed E-state index contributed by atoms with van der Waals surface area (Å²) < 4.78 is 11.4. The van der Waals surface area contributed by atoms with Crippen molar-refractivity contribution in [2.75, 3.05) is 11.9 Å². The van der Waals surface area contributed by atoms with Crippen LogP contribution in [0.3, 0.4) is 0 Å². The molecule has 1 aromatic heterocycles. The molecule has 0 saturated heterocycles. The number of nitrogens with zero attached hydrogens (tertiary/aromatic N) is 1. The minimum atomic E-state index is -0.599. The third-order valence-corrected chi connectivity index (χ3v) is 6.02. The monoisotopic (exact) mass is 472 g/mol. The average Bonchev–Trinajstić information content (AvgIpc) is 3.35. The number of fused-ring (bicyclic) bond motifs is 3. The van der Waals surface area contributed by atoms with Gasteiger partial charge in [0.1, 0.15) is 5.52 Å². The van der Waals surface area contributed by atoms with E-state index < -0.39 is 18.5 Å². The van der Waals surface area contributed by atoms with Crippen LogP contribution in [-0.2, 0) is 9.53 Å². The Hall–Kier alpha value is -4.97. The number of carbonyl (C=O) groups is 2. The number of nitrogens with one attached hydrogen (secondary N) is 1. The zero-order valence-electron chi connectivity index (χ0n) is 19.1. The predicted molar refractivity (Wildman–Crippen MR) is 140 cm³/mol. The van der Waals surface area contributed by atoms with Crippen molar-refractivity contribution in [1.29, 1.82) is 0 Å². The van der Waals surface area contributed by atoms with Crippen LogP contribution in [-0.4, -0.2) is 23.5 Å². The molecule has 0 fully saturated rings. The minimum Gasteiger partial charge on any atom is -0.452 e. The molecule has 1 N–H and O–H groups in total. The summed E-state index contributed by atoms with van der Waals surface area (Å²) in [6.07, 6.45) is 0. The van der Waals surface area contributed by atoms with Crippen LogP contribution < -0.4 is 5.32 Å². The highest BCUT2D eigenvalue weighted by molar-refractivity contribution is 6.10. The molecule has 0 unspecified atom stereocenters. The molecule has 174 valence electrons. The van der Waals surface area contributed by atoms with Gasteiger partial charge < -0.3 is 14.5 Å². The van der Waals surface area contributed by atoms with Gasteiger partial charge in [0.15, 0.2) is 12.2 Å². The SMILES string of the molecule is O=C(COC(=O)c1cccc2cccc(-c3nc4ccccc4o3)c12)Nc1ccc2ccccc2c1. The Kier molecular flexibility index (Phi) is 5.39. The Bertz CT molecular complexity index is 1730. The molecular weight excluding hydrogens is 452 g/mol. The van der Waals surface area contributed by atoms with E-state index in [1.165, 1.54) is 0 Å². The van der Waals surface area contributed by atoms with Crippen LogP contribution >= 0.6 is 0 Å². The summed E-state index contributed by atoms with van der Waals surface area (Å²) in [7, 11) is 0. The fourth-order valence-electron chi connectivity index (χ4n) is 4.35. The van der Waals surface area contributed by atoms with Crippen molar-refractivity contribution < 1.29 is 18.7 Å². The molecule has 0 spiro atoms. The second-order valence-corrected chi connectivity index (χ2v) is 8.38. The van der Waals surface area contributed by atoms with Crippen molar-refractivity contribution >= 4 is 50.2 Å². The number of oxazole rings is 1. The maximum Gasteiger partial charge on any atom is 0.339 e. The number of esters is 1. The first-order valence-electron chi connectivity index (χ1n) is 11.5. The highest BCUT2D eigenvalue weighted by atomic mass is 16.5. The zero-order chi connectivity index (χ0) is 24.5. The number of hydrogen-bond donors (Lipinski definition) is 1. The molecule has 5 aromatic carbocycles. The number of benzene rings is 5. The van der Waals surface area contributed by atoms with Gasteiger partial charge in [-0.05, 0) is 52.6 Å². The number of hydrogen-bond acceptors (Lipinski definition) is 5. The van der Waals surface area contributed by atoms with Crippen molar-refractivity contribution in [2.24, 2.45) is 0 Å². The van der Waals surface area contributed by atoms with Crippen LogP contribution in [0.4, 0.5) is 5.69 Å². The smallest absolute Gasteiger partial charge is 0.339 e. The Morgan fingerprint density at radius 1 is 0.778 bits per heavy atom. The second kappa shape index (κ2) is 9.00. The lowest BCUT2D eigenvalue weighted by atomic mass is 9.99. The van der Waals surface area contributed by atoms with Gasteiger partial charge in [0.25, 0.3) is 5.91 Å². The second-order valence-electron chi connectivity index (χ2n) is 8.38. The van der Waals surface area contributed by atoms with Gasteiger partial charge in [0, 0.05) is 16.6 Å². The third-order valence-electron chi connectivity index (χ3n) is 6.02. The first-order valence-corrected chi connectivity index (χ1v) is 11.5. The van der Waals surface area contributed by atoms with Gasteiger partial charge in [-0.2, -0.15) is 0 Å². The molecule has 1 amide bonds. The maximum absolute atomic E-state index is 13.1. The number of amides is 1. The highest BCUT2D eigenvalue weighted by Gasteiger charge is 2.19. The van der Waals surface area contributed by atoms with E-state index in [1.807, 2.05) is 91.0 Å². The van der Waals surface area contributed by atoms with Crippen molar-refractivity contribution in [2.45, 2.75) is 0 Å². The predicted octanol–water partition coefficient (Wildman–Crippen LogP) is 6.60. The van der Waals surface area contributed by atoms with Crippen LogP contribution in [0.2, 0.25) is 0 Å². The van der Waals surface area contributed by atoms with Crippen LogP contribution in [0.1, 0.15) is 10.4 Å². The Morgan fingerprint density at radius 3 is 2.39 bits per heavy atom. The number of aromatic nitrogens is 1. The zero-order valence-corrected chi connectivity index (χ0v) is 19.1. The quantitative estimate of drug-likeness (QED) is 0.286. The Balaban J connectivity index is 1.25. The standard InChI is InChI=1S/C30H20N2O4/c33-27(31-22-16-15-19-7-1-2-8-21(19)17-22)18-35-30(34)24-12-6-10-20-9-5-11-23(28(20)24)29-32-25-13-3-4-14-26(25)36-29/h1-17H,18H2,(H,31,33). The molecule has 0 saturated carbocycles. The summed E-state index contributed by atoms with van der Waals surface area (Å²) in [5.74, 6) is -0.605. The van der Waals surface area contributed by atoms with E-state index in [2.05, 4.69) is 10.3 Å². The molecule has 6 heteroatoms. The summed E-state index contributed by atoms with van der Waals surface area (Å²) >= 11 is 0. The van der Waals surface area contributed by atoms with E-state index in [-0.39, 0.29) is 0 Å². The summed E-state index contributed by atoms with van der Waals surface area (Å²) in [5, 5.41) is 6.37. The maximum atomic E-state index is 13.1. The molecule has 0 atom stereocenters. The lowest BCUT2D eigenvalue weighted by Gasteiger charge is -2.11. The summed E-state index contributed by atoms with van der Waals surface area (Å²) in [4.78, 5) is 30.2. The first kappa shape index (κ1) is 21.6. The van der Waals surface area contributed by atoms with Gasteiger partial charge in [0.05, 0.1) is 5.56 Å². The number of para-hydroxylation sites is 2. The topological polar surface area (TPSA) is 81.4 Å². The van der Waals surface area contributed by atoms with E-state index in [4.69, 9.17) is 9.15 Å². The normalized spacial score (nSPS) is 11.1. The van der Waals surface area contributed by atoms with Gasteiger partial charge in [-0.3, -0.25) is 4.79 Å². The van der Waals surface area contributed by atoms with Crippen LogP contribution in [0.25, 0.3) is 44.1 Å². The van der Waals surface area contributed by atoms with Gasteiger partial charge >= 0.3 is 5.97 Å². The highest BCUT2D eigenvalue weighted by Crippen LogP contribution is 2.33. The van der Waals surface area contributed by atoms with E-state index >= 15 is 0 Å². The van der Waals surface area contributed by atoms with Gasteiger partial charge in [-0.25, -0.2) is 9.78 Å². The molecular formula is C30H20N2O4. The van der Waals surface area contributed by atoms with Crippen molar-refractivity contribution in [3.8, 4) is 11.5 Å². The molecule has 0 bridgehead atoms. The molecule has 0 aliphatic rings. The number of anilines is 1. The van der Waals surface area contributed by atoms with Crippen LogP contribution in [0, 0.1) is 0 Å². The van der Waals surface area contributed by atoms with Crippen LogP contribution in [0.15, 0.2) is 108 Å². The van der Waals surface area contributed by atoms with Gasteiger partial charge in [-0.1, -0.05) is 66.7 Å². The number of ether oxygens (including phenoxy) is 1. The van der Waals surface area contributed by atoms with E-state index in [0.29, 0.717) is 33.7 Å². The average molecular weight is 473 g/mol. The largest absolute Gasteiger partial charge is 0.452 e. The number of rotatable bonds is 5. The summed E-state index contributed by atoms with van der Waals surface area (Å²) in [6, 6.07) is 32.0. The minimum absolute atomic E-state index is 0.337. The molecule has 0 aliphatic heterocycles. The summed E-state index contributed by atoms with van der Waals surface area (Å²) in [5.41, 5.74) is 3.05. The third kappa shape index (κ3) is 4.05. The molecule has 0 aliphatic carbocycles. The fourth-order valence-corrected chi connectivity index (χ4v) is 4.35.